The fourth-order valence-electron chi connectivity index (χ4n) is 5.76. The van der Waals surface area contributed by atoms with Crippen LogP contribution in [-0.2, 0) is 33.9 Å². The smallest absolute Gasteiger partial charge is 0.408 e. The van der Waals surface area contributed by atoms with Gasteiger partial charge >= 0.3 is 6.09 Å². The Morgan fingerprint density at radius 3 is 2.51 bits per heavy atom. The maximum atomic E-state index is 13.7. The summed E-state index contributed by atoms with van der Waals surface area (Å²) in [7, 11) is -2.61. The number of sulfonamides is 1. The van der Waals surface area contributed by atoms with Crippen molar-refractivity contribution in [2.45, 2.75) is 113 Å². The first-order valence-corrected chi connectivity index (χ1v) is 16.1. The number of carbonyl (C=O) groups is 4. The van der Waals surface area contributed by atoms with Gasteiger partial charge in [0.15, 0.2) is 0 Å². The van der Waals surface area contributed by atoms with Crippen molar-refractivity contribution in [3.05, 3.63) is 12.2 Å². The molecule has 0 spiro atoms. The van der Waals surface area contributed by atoms with E-state index in [0.717, 1.165) is 19.3 Å². The van der Waals surface area contributed by atoms with Crippen molar-refractivity contribution in [3.8, 4) is 0 Å². The van der Waals surface area contributed by atoms with E-state index in [1.54, 1.807) is 20.8 Å². The minimum atomic E-state index is -4.03. The Morgan fingerprint density at radius 2 is 1.85 bits per heavy atom. The molecule has 4 atom stereocenters. The first kappa shape index (κ1) is 31.3. The van der Waals surface area contributed by atoms with Crippen molar-refractivity contribution in [1.29, 1.82) is 0 Å². The summed E-state index contributed by atoms with van der Waals surface area (Å²) < 4.78 is 37.8. The van der Waals surface area contributed by atoms with Gasteiger partial charge < -0.3 is 25.0 Å². The van der Waals surface area contributed by atoms with Crippen molar-refractivity contribution in [1.82, 2.24) is 20.3 Å². The van der Waals surface area contributed by atoms with Crippen LogP contribution in [0.25, 0.3) is 0 Å². The summed E-state index contributed by atoms with van der Waals surface area (Å²) in [6.45, 7) is 5.53. The normalized spacial score (nSPS) is 30.9. The topological polar surface area (TPSA) is 160 Å². The van der Waals surface area contributed by atoms with Crippen LogP contribution in [0.2, 0.25) is 0 Å². The highest BCUT2D eigenvalue weighted by atomic mass is 32.2. The largest absolute Gasteiger partial charge is 0.444 e. The monoisotopic (exact) mass is 596 g/mol. The van der Waals surface area contributed by atoms with Gasteiger partial charge in [0.1, 0.15) is 28.0 Å². The van der Waals surface area contributed by atoms with Gasteiger partial charge in [0.05, 0.1) is 6.61 Å². The van der Waals surface area contributed by atoms with E-state index >= 15 is 0 Å². The van der Waals surface area contributed by atoms with Crippen molar-refractivity contribution in [2.24, 2.45) is 5.92 Å². The molecule has 0 bridgehead atoms. The van der Waals surface area contributed by atoms with E-state index in [1.165, 1.54) is 12.0 Å². The number of nitrogens with one attached hydrogen (secondary N) is 3. The Morgan fingerprint density at radius 1 is 1.12 bits per heavy atom. The average molecular weight is 597 g/mol. The predicted octanol–water partition coefficient (Wildman–Crippen LogP) is 1.89. The molecule has 3 N–H and O–H groups in total. The molecule has 3 fully saturated rings. The fraction of sp³-hybridized carbons (Fsp3) is 0.786. The third kappa shape index (κ3) is 7.04. The molecule has 4 amide bonds. The molecule has 2 aliphatic carbocycles. The van der Waals surface area contributed by atoms with Crippen LogP contribution in [0, 0.1) is 5.92 Å². The lowest BCUT2D eigenvalue weighted by atomic mass is 10.0. The predicted molar refractivity (Wildman–Crippen MR) is 150 cm³/mol. The van der Waals surface area contributed by atoms with Gasteiger partial charge in [-0.3, -0.25) is 19.1 Å². The Bertz CT molecular complexity index is 1180. The number of fused-ring (bicyclic) bond motifs is 2. The zero-order chi connectivity index (χ0) is 30.1. The van der Waals surface area contributed by atoms with E-state index in [0.29, 0.717) is 45.1 Å². The zero-order valence-corrected chi connectivity index (χ0v) is 25.3. The van der Waals surface area contributed by atoms with Crippen LogP contribution in [0.5, 0.6) is 0 Å². The van der Waals surface area contributed by atoms with E-state index in [9.17, 15) is 27.6 Å². The van der Waals surface area contributed by atoms with E-state index in [1.807, 2.05) is 12.2 Å². The molecular formula is C28H44N4O8S. The van der Waals surface area contributed by atoms with E-state index in [4.69, 9.17) is 9.47 Å². The number of amides is 4. The summed E-state index contributed by atoms with van der Waals surface area (Å²) in [5, 5.41) is 5.54. The molecule has 1 saturated heterocycles. The molecule has 0 aromatic carbocycles. The second-order valence-electron chi connectivity index (χ2n) is 12.8. The zero-order valence-electron chi connectivity index (χ0n) is 24.5. The summed E-state index contributed by atoms with van der Waals surface area (Å²) in [6.07, 6.45) is 8.64. The number of hydrogen-bond acceptors (Lipinski definition) is 8. The Kier molecular flexibility index (Phi) is 9.08. The van der Waals surface area contributed by atoms with Gasteiger partial charge in [0, 0.05) is 19.6 Å². The molecule has 0 aromatic rings. The van der Waals surface area contributed by atoms with Crippen LogP contribution in [0.4, 0.5) is 4.79 Å². The lowest BCUT2D eigenvalue weighted by Gasteiger charge is -2.30. The number of allylic oxidation sites excluding steroid dienone is 1. The van der Waals surface area contributed by atoms with Gasteiger partial charge in [-0.2, -0.15) is 0 Å². The van der Waals surface area contributed by atoms with Crippen LogP contribution >= 0.6 is 0 Å². The molecule has 0 radical (unpaired) electrons. The van der Waals surface area contributed by atoms with Crippen LogP contribution < -0.4 is 15.4 Å². The highest BCUT2D eigenvalue weighted by Gasteiger charge is 2.63. The number of carbonyl (C=O) groups excluding carboxylic acids is 4. The van der Waals surface area contributed by atoms with Crippen LogP contribution in [-0.4, -0.2) is 85.4 Å². The molecule has 4 rings (SSSR count). The van der Waals surface area contributed by atoms with Gasteiger partial charge in [0.2, 0.25) is 21.8 Å². The molecule has 230 valence electrons. The first-order valence-electron chi connectivity index (χ1n) is 14.6. The minimum Gasteiger partial charge on any atom is -0.444 e. The number of methoxy groups -OCH3 is 1. The molecular weight excluding hydrogens is 552 g/mol. The third-order valence-corrected chi connectivity index (χ3v) is 10.5. The standard InChI is InChI=1S/C28H44N4O8S/c1-26(2,3)40-25(36)29-20-12-9-7-5-6-8-11-19-17-28(19,30-22(33)21-13-10-16-32(21)23(20)34)24(35)31-41(37,38)27(14-15-27)18-39-4/h8,11,19-21H,5-7,9-10,12-18H2,1-4H3,(H,29,36)(H,30,33)(H,31,35)/b11-8-/t19-,20+,21+,28-/m1/s1. The van der Waals surface area contributed by atoms with Gasteiger partial charge in [-0.15, -0.1) is 0 Å². The second-order valence-corrected chi connectivity index (χ2v) is 14.9. The summed E-state index contributed by atoms with van der Waals surface area (Å²) >= 11 is 0. The second kappa shape index (κ2) is 11.9. The average Bonchev–Trinajstić information content (AvgIpc) is 3.75. The number of ether oxygens (including phenoxy) is 2. The fourth-order valence-corrected chi connectivity index (χ4v) is 7.31. The number of alkyl carbamates (subject to hydrolysis) is 1. The lowest BCUT2D eigenvalue weighted by Crippen LogP contribution is -2.59. The Labute approximate surface area is 242 Å². The van der Waals surface area contributed by atoms with Crippen molar-refractivity contribution in [2.75, 3.05) is 20.3 Å². The van der Waals surface area contributed by atoms with Gasteiger partial charge in [0.25, 0.3) is 5.91 Å². The van der Waals surface area contributed by atoms with E-state index in [-0.39, 0.29) is 24.9 Å². The van der Waals surface area contributed by atoms with Crippen LogP contribution in [0.3, 0.4) is 0 Å². The molecule has 0 aromatic heterocycles. The molecule has 2 aliphatic heterocycles. The minimum absolute atomic E-state index is 0.0179. The lowest BCUT2D eigenvalue weighted by molar-refractivity contribution is -0.141. The SMILES string of the molecule is COCC1(S(=O)(=O)NC(=O)[C@@]23C[C@H]2/C=C\CCCCC[C@H](NC(=O)OC(C)(C)C)C(=O)N2CCC[C@H]2C(=O)N3)CC1. The summed E-state index contributed by atoms with van der Waals surface area (Å²) in [5.74, 6) is -2.02. The van der Waals surface area contributed by atoms with Crippen LogP contribution in [0.15, 0.2) is 12.2 Å². The maximum Gasteiger partial charge on any atom is 0.408 e. The third-order valence-electron chi connectivity index (χ3n) is 8.34. The van der Waals surface area contributed by atoms with Gasteiger partial charge in [-0.05, 0) is 72.1 Å². The van der Waals surface area contributed by atoms with Crippen molar-refractivity contribution in [3.63, 3.8) is 0 Å². The highest BCUT2D eigenvalue weighted by molar-refractivity contribution is 7.91. The highest BCUT2D eigenvalue weighted by Crippen LogP contribution is 2.47. The molecule has 2 heterocycles. The molecule has 12 nitrogen and oxygen atoms in total. The van der Waals surface area contributed by atoms with Gasteiger partial charge in [-0.25, -0.2) is 13.2 Å². The number of nitrogens with zero attached hydrogens (tertiary/aromatic N) is 1. The molecule has 13 heteroatoms. The Balaban J connectivity index is 1.54. The molecule has 4 aliphatic rings. The molecule has 2 saturated carbocycles. The van der Waals surface area contributed by atoms with Gasteiger partial charge in [-0.1, -0.05) is 25.0 Å². The molecule has 0 unspecified atom stereocenters. The summed E-state index contributed by atoms with van der Waals surface area (Å²) in [6, 6.07) is -1.70. The maximum absolute atomic E-state index is 13.7. The van der Waals surface area contributed by atoms with Crippen molar-refractivity contribution < 1.29 is 37.1 Å². The Hall–Kier alpha value is -2.67. The van der Waals surface area contributed by atoms with E-state index in [2.05, 4.69) is 15.4 Å². The van der Waals surface area contributed by atoms with Crippen molar-refractivity contribution >= 4 is 33.8 Å². The number of hydrogen-bond donors (Lipinski definition) is 3. The summed E-state index contributed by atoms with van der Waals surface area (Å²) in [4.78, 5) is 54.8. The first-order chi connectivity index (χ1) is 19.2. The van der Waals surface area contributed by atoms with E-state index < -0.39 is 55.9 Å². The summed E-state index contributed by atoms with van der Waals surface area (Å²) in [5.41, 5.74) is -2.16. The number of rotatable bonds is 6. The van der Waals surface area contributed by atoms with Crippen LogP contribution in [0.1, 0.15) is 85.0 Å². The molecule has 41 heavy (non-hydrogen) atoms. The quantitative estimate of drug-likeness (QED) is 0.392.